The number of rotatable bonds is 60. The zero-order chi connectivity index (χ0) is 51.4. The number of ether oxygens (including phenoxy) is 1. The molecule has 1 amide bonds. The third-order valence-corrected chi connectivity index (χ3v) is 15.0. The summed E-state index contributed by atoms with van der Waals surface area (Å²) in [5.41, 5.74) is 0. The van der Waals surface area contributed by atoms with Gasteiger partial charge in [-0.05, 0) is 57.8 Å². The minimum atomic E-state index is -0.843. The summed E-state index contributed by atoms with van der Waals surface area (Å²) in [5, 5.41) is 23.1. The van der Waals surface area contributed by atoms with E-state index in [4.69, 9.17) is 4.74 Å². The maximum atomic E-state index is 12.5. The highest BCUT2D eigenvalue weighted by Crippen LogP contribution is 2.18. The van der Waals surface area contributed by atoms with Crippen molar-refractivity contribution >= 4 is 11.9 Å². The molecule has 0 aliphatic heterocycles. The highest BCUT2D eigenvalue weighted by Gasteiger charge is 2.18. The van der Waals surface area contributed by atoms with Crippen molar-refractivity contribution < 1.29 is 24.5 Å². The minimum absolute atomic E-state index is 0.0114. The molecule has 0 radical (unpaired) electrons. The highest BCUT2D eigenvalue weighted by molar-refractivity contribution is 5.76. The Balaban J connectivity index is 3.36. The fraction of sp³-hybridized carbons (Fsp3) is 0.908. The largest absolute Gasteiger partial charge is 0.466 e. The van der Waals surface area contributed by atoms with E-state index in [1.54, 1.807) is 6.08 Å². The predicted molar refractivity (Wildman–Crippen MR) is 310 cm³/mol. The molecule has 0 spiro atoms. The second-order valence-corrected chi connectivity index (χ2v) is 22.1. The third-order valence-electron chi connectivity index (χ3n) is 15.0. The summed E-state index contributed by atoms with van der Waals surface area (Å²) in [4.78, 5) is 24.5. The summed E-state index contributed by atoms with van der Waals surface area (Å²) in [6, 6.07) is -0.626. The number of hydrogen-bond donors (Lipinski definition) is 3. The van der Waals surface area contributed by atoms with E-state index in [-0.39, 0.29) is 18.5 Å². The quantitative estimate of drug-likeness (QED) is 0.0320. The van der Waals surface area contributed by atoms with Crippen LogP contribution in [-0.2, 0) is 14.3 Å². The lowest BCUT2D eigenvalue weighted by molar-refractivity contribution is -0.143. The van der Waals surface area contributed by atoms with Crippen molar-refractivity contribution in [2.24, 2.45) is 0 Å². The molecular weight excluding hydrogens is 875 g/mol. The summed E-state index contributed by atoms with van der Waals surface area (Å²) in [5.74, 6) is -0.0551. The first-order valence-corrected chi connectivity index (χ1v) is 32.1. The Bertz CT molecular complexity index is 1110. The number of carbonyl (C=O) groups excluding carboxylic acids is 2. The van der Waals surface area contributed by atoms with Gasteiger partial charge < -0.3 is 20.3 Å². The monoisotopic (exact) mass is 1000 g/mol. The average Bonchev–Trinajstić information content (AvgIpc) is 3.37. The maximum Gasteiger partial charge on any atom is 0.305 e. The van der Waals surface area contributed by atoms with E-state index >= 15 is 0 Å². The van der Waals surface area contributed by atoms with Crippen molar-refractivity contribution in [3.8, 4) is 0 Å². The van der Waals surface area contributed by atoms with E-state index in [1.807, 2.05) is 6.08 Å². The van der Waals surface area contributed by atoms with Gasteiger partial charge in [-0.25, -0.2) is 0 Å². The third kappa shape index (κ3) is 57.5. The van der Waals surface area contributed by atoms with E-state index in [0.29, 0.717) is 19.4 Å². The molecule has 0 aliphatic carbocycles. The van der Waals surface area contributed by atoms with Crippen LogP contribution in [0.3, 0.4) is 0 Å². The molecule has 6 heteroatoms. The molecule has 2 unspecified atom stereocenters. The first kappa shape index (κ1) is 69.3. The summed E-state index contributed by atoms with van der Waals surface area (Å²) in [6.07, 6.45) is 75.1. The molecular formula is C65H125NO5. The van der Waals surface area contributed by atoms with Crippen LogP contribution in [0.2, 0.25) is 0 Å². The number of allylic oxidation sites excluding steroid dienone is 3. The van der Waals surface area contributed by atoms with Crippen molar-refractivity contribution in [2.75, 3.05) is 13.2 Å². The smallest absolute Gasteiger partial charge is 0.305 e. The van der Waals surface area contributed by atoms with Crippen molar-refractivity contribution in [1.29, 1.82) is 0 Å². The Hall–Kier alpha value is -1.66. The molecule has 0 aromatic rings. The lowest BCUT2D eigenvalue weighted by Crippen LogP contribution is -2.45. The number of carbonyl (C=O) groups is 2. The van der Waals surface area contributed by atoms with Gasteiger partial charge in [-0.1, -0.05) is 308 Å². The molecule has 0 bridgehead atoms. The van der Waals surface area contributed by atoms with Gasteiger partial charge in [-0.2, -0.15) is 0 Å². The Labute approximate surface area is 443 Å². The van der Waals surface area contributed by atoms with Gasteiger partial charge in [0.25, 0.3) is 0 Å². The van der Waals surface area contributed by atoms with E-state index in [9.17, 15) is 19.8 Å². The van der Waals surface area contributed by atoms with Gasteiger partial charge in [0.15, 0.2) is 0 Å². The molecule has 0 heterocycles. The molecule has 71 heavy (non-hydrogen) atoms. The van der Waals surface area contributed by atoms with Gasteiger partial charge in [-0.15, -0.1) is 0 Å². The van der Waals surface area contributed by atoms with Crippen LogP contribution in [0, 0.1) is 0 Å². The van der Waals surface area contributed by atoms with E-state index in [1.165, 1.54) is 283 Å². The van der Waals surface area contributed by atoms with E-state index in [0.717, 1.165) is 44.9 Å². The Morgan fingerprint density at radius 3 is 1.00 bits per heavy atom. The molecule has 0 aliphatic rings. The number of esters is 1. The zero-order valence-corrected chi connectivity index (χ0v) is 48.0. The van der Waals surface area contributed by atoms with Crippen LogP contribution in [0.4, 0.5) is 0 Å². The number of hydrogen-bond acceptors (Lipinski definition) is 5. The van der Waals surface area contributed by atoms with Crippen LogP contribution < -0.4 is 5.32 Å². The predicted octanol–water partition coefficient (Wildman–Crippen LogP) is 20.2. The van der Waals surface area contributed by atoms with Crippen molar-refractivity contribution in [3.05, 3.63) is 24.3 Å². The SMILES string of the molecule is CCCCCCCCC/C=C\CCCCCCCCCC(=O)OCCCCCCCCCCCCCCCCCCCCCCCCCC(=O)NC(CO)C(O)/C=C/CCCCCCCCCCCCC. The van der Waals surface area contributed by atoms with Gasteiger partial charge in [0.05, 0.1) is 25.4 Å². The normalized spacial score (nSPS) is 12.7. The lowest BCUT2D eigenvalue weighted by atomic mass is 10.0. The van der Waals surface area contributed by atoms with Crippen LogP contribution in [0.5, 0.6) is 0 Å². The molecule has 6 nitrogen and oxygen atoms in total. The number of aliphatic hydroxyl groups is 2. The fourth-order valence-corrected chi connectivity index (χ4v) is 10.0. The number of unbranched alkanes of at least 4 members (excludes halogenated alkanes) is 47. The Morgan fingerprint density at radius 2 is 0.662 bits per heavy atom. The fourth-order valence-electron chi connectivity index (χ4n) is 10.0. The number of amides is 1. The molecule has 0 aromatic heterocycles. The minimum Gasteiger partial charge on any atom is -0.466 e. The summed E-state index contributed by atoms with van der Waals surface area (Å²) < 4.78 is 5.50. The molecule has 420 valence electrons. The van der Waals surface area contributed by atoms with Crippen LogP contribution in [0.1, 0.15) is 354 Å². The van der Waals surface area contributed by atoms with Gasteiger partial charge in [0, 0.05) is 12.8 Å². The second-order valence-electron chi connectivity index (χ2n) is 22.1. The van der Waals surface area contributed by atoms with Gasteiger partial charge in [0.2, 0.25) is 5.91 Å². The molecule has 0 saturated carbocycles. The summed E-state index contributed by atoms with van der Waals surface area (Å²) >= 11 is 0. The van der Waals surface area contributed by atoms with Gasteiger partial charge in [0.1, 0.15) is 0 Å². The summed E-state index contributed by atoms with van der Waals surface area (Å²) in [7, 11) is 0. The number of aliphatic hydroxyl groups excluding tert-OH is 2. The van der Waals surface area contributed by atoms with Crippen LogP contribution >= 0.6 is 0 Å². The molecule has 0 aromatic carbocycles. The standard InChI is InChI=1S/C65H125NO5/c1-3-5-7-9-11-13-15-17-18-19-28-31-35-39-43-47-51-55-59-65(70)71-60-56-52-48-44-40-36-32-29-26-24-22-20-21-23-25-27-30-34-38-42-46-50-54-58-64(69)66-62(61-67)63(68)57-53-49-45-41-37-33-16-14-12-10-8-6-4-2/h18-19,53,57,62-63,67-68H,3-17,20-52,54-56,58-61H2,1-2H3,(H,66,69)/b19-18-,57-53+. The van der Waals surface area contributed by atoms with Crippen LogP contribution in [0.15, 0.2) is 24.3 Å². The highest BCUT2D eigenvalue weighted by atomic mass is 16.5. The van der Waals surface area contributed by atoms with E-state index in [2.05, 4.69) is 31.3 Å². The molecule has 2 atom stereocenters. The average molecular weight is 1000 g/mol. The first-order valence-electron chi connectivity index (χ1n) is 32.1. The van der Waals surface area contributed by atoms with Gasteiger partial charge in [-0.3, -0.25) is 9.59 Å². The lowest BCUT2D eigenvalue weighted by Gasteiger charge is -2.20. The van der Waals surface area contributed by atoms with Crippen molar-refractivity contribution in [1.82, 2.24) is 5.32 Å². The molecule has 0 fully saturated rings. The first-order chi connectivity index (χ1) is 35.0. The molecule has 0 rings (SSSR count). The van der Waals surface area contributed by atoms with Crippen molar-refractivity contribution in [2.45, 2.75) is 366 Å². The van der Waals surface area contributed by atoms with Crippen molar-refractivity contribution in [3.63, 3.8) is 0 Å². The van der Waals surface area contributed by atoms with Crippen LogP contribution in [-0.4, -0.2) is 47.4 Å². The van der Waals surface area contributed by atoms with Gasteiger partial charge >= 0.3 is 5.97 Å². The Morgan fingerprint density at radius 1 is 0.380 bits per heavy atom. The Kier molecular flexibility index (Phi) is 59.5. The van der Waals surface area contributed by atoms with E-state index < -0.39 is 12.1 Å². The maximum absolute atomic E-state index is 12.5. The number of nitrogens with one attached hydrogen (secondary N) is 1. The molecule has 0 saturated heterocycles. The second kappa shape index (κ2) is 60.9. The molecule has 3 N–H and O–H groups in total. The summed E-state index contributed by atoms with van der Waals surface area (Å²) in [6.45, 7) is 4.92. The zero-order valence-electron chi connectivity index (χ0n) is 48.0. The topological polar surface area (TPSA) is 95.9 Å². The van der Waals surface area contributed by atoms with Crippen LogP contribution in [0.25, 0.3) is 0 Å².